The molecule has 0 heterocycles. The van der Waals surface area contributed by atoms with Crippen LogP contribution in [-0.2, 0) is 6.42 Å². The minimum absolute atomic E-state index is 0.0161. The van der Waals surface area contributed by atoms with Gasteiger partial charge in [0.2, 0.25) is 0 Å². The lowest BCUT2D eigenvalue weighted by Gasteiger charge is -2.23. The van der Waals surface area contributed by atoms with Crippen molar-refractivity contribution >= 4 is 6.03 Å². The molecule has 5 heteroatoms. The number of aliphatic hydroxyl groups excluding tert-OH is 1. The zero-order valence-electron chi connectivity index (χ0n) is 12.4. The van der Waals surface area contributed by atoms with Crippen molar-refractivity contribution in [3.63, 3.8) is 0 Å². The van der Waals surface area contributed by atoms with Crippen molar-refractivity contribution in [1.82, 2.24) is 10.2 Å². The zero-order valence-corrected chi connectivity index (χ0v) is 12.4. The number of amides is 2. The minimum Gasteiger partial charge on any atom is -0.497 e. The van der Waals surface area contributed by atoms with Crippen molar-refractivity contribution in [3.8, 4) is 5.75 Å². The second kappa shape index (κ2) is 8.43. The molecule has 0 aliphatic rings. The van der Waals surface area contributed by atoms with E-state index in [-0.39, 0.29) is 18.7 Å². The zero-order chi connectivity index (χ0) is 15.0. The van der Waals surface area contributed by atoms with Gasteiger partial charge in [-0.2, -0.15) is 0 Å². The summed E-state index contributed by atoms with van der Waals surface area (Å²) in [6.45, 7) is 4.77. The van der Waals surface area contributed by atoms with E-state index in [1.54, 1.807) is 12.0 Å². The van der Waals surface area contributed by atoms with Gasteiger partial charge in [0.15, 0.2) is 0 Å². The highest BCUT2D eigenvalue weighted by Gasteiger charge is 2.14. The van der Waals surface area contributed by atoms with Crippen molar-refractivity contribution in [1.29, 1.82) is 0 Å². The first kappa shape index (κ1) is 16.3. The van der Waals surface area contributed by atoms with Gasteiger partial charge in [-0.15, -0.1) is 0 Å². The van der Waals surface area contributed by atoms with Crippen molar-refractivity contribution in [2.75, 3.05) is 26.8 Å². The fourth-order valence-corrected chi connectivity index (χ4v) is 2.03. The maximum Gasteiger partial charge on any atom is 0.317 e. The van der Waals surface area contributed by atoms with Crippen LogP contribution in [0.15, 0.2) is 24.3 Å². The van der Waals surface area contributed by atoms with Gasteiger partial charge in [0.05, 0.1) is 13.7 Å². The average molecular weight is 280 g/mol. The van der Waals surface area contributed by atoms with Crippen LogP contribution in [0.4, 0.5) is 4.79 Å². The lowest BCUT2D eigenvalue weighted by molar-refractivity contribution is 0.177. The summed E-state index contributed by atoms with van der Waals surface area (Å²) in [5.41, 5.74) is 1.11. The van der Waals surface area contributed by atoms with Gasteiger partial charge in [-0.25, -0.2) is 4.79 Å². The van der Waals surface area contributed by atoms with E-state index in [9.17, 15) is 4.79 Å². The first-order valence-corrected chi connectivity index (χ1v) is 6.90. The number of benzene rings is 1. The van der Waals surface area contributed by atoms with Crippen LogP contribution < -0.4 is 10.1 Å². The Hall–Kier alpha value is -1.75. The molecular weight excluding hydrogens is 256 g/mol. The third-order valence-corrected chi connectivity index (χ3v) is 3.08. The van der Waals surface area contributed by atoms with Crippen LogP contribution in [0.3, 0.4) is 0 Å². The van der Waals surface area contributed by atoms with E-state index in [1.165, 1.54) is 0 Å². The van der Waals surface area contributed by atoms with E-state index in [0.29, 0.717) is 13.1 Å². The van der Waals surface area contributed by atoms with Crippen LogP contribution in [0.5, 0.6) is 5.75 Å². The van der Waals surface area contributed by atoms with Crippen LogP contribution in [0.2, 0.25) is 0 Å². The van der Waals surface area contributed by atoms with Gasteiger partial charge in [0.25, 0.3) is 0 Å². The van der Waals surface area contributed by atoms with Crippen LogP contribution >= 0.6 is 0 Å². The molecule has 0 fully saturated rings. The number of carbonyl (C=O) groups excluding carboxylic acids is 1. The molecule has 0 spiro atoms. The van der Waals surface area contributed by atoms with E-state index >= 15 is 0 Å². The summed E-state index contributed by atoms with van der Waals surface area (Å²) in [5, 5.41) is 11.8. The van der Waals surface area contributed by atoms with Crippen molar-refractivity contribution < 1.29 is 14.6 Å². The van der Waals surface area contributed by atoms with E-state index in [1.807, 2.05) is 38.1 Å². The van der Waals surface area contributed by atoms with Gasteiger partial charge in [-0.1, -0.05) is 12.1 Å². The summed E-state index contributed by atoms with van der Waals surface area (Å²) in [6.07, 6.45) is 0.736. The number of ether oxygens (including phenoxy) is 1. The van der Waals surface area contributed by atoms with Crippen LogP contribution in [0, 0.1) is 0 Å². The monoisotopic (exact) mass is 280 g/mol. The number of urea groups is 1. The molecule has 2 N–H and O–H groups in total. The standard InChI is InChI=1S/C15H24N2O3/c1-4-17(8-9-18)15(19)16-12(2)10-13-6-5-7-14(11-13)20-3/h5-7,11-12,18H,4,8-10H2,1-3H3,(H,16,19). The number of nitrogens with one attached hydrogen (secondary N) is 1. The number of nitrogens with zero attached hydrogens (tertiary/aromatic N) is 1. The Morgan fingerprint density at radius 2 is 2.25 bits per heavy atom. The molecule has 0 aliphatic carbocycles. The van der Waals surface area contributed by atoms with Crippen LogP contribution in [0.1, 0.15) is 19.4 Å². The van der Waals surface area contributed by atoms with E-state index in [0.717, 1.165) is 17.7 Å². The van der Waals surface area contributed by atoms with E-state index in [4.69, 9.17) is 9.84 Å². The Morgan fingerprint density at radius 1 is 1.50 bits per heavy atom. The topological polar surface area (TPSA) is 61.8 Å². The van der Waals surface area contributed by atoms with Gasteiger partial charge in [-0.05, 0) is 38.0 Å². The number of hydrogen-bond acceptors (Lipinski definition) is 3. The first-order chi connectivity index (χ1) is 9.60. The third kappa shape index (κ3) is 5.09. The number of carbonyl (C=O) groups is 1. The molecule has 1 aromatic rings. The largest absolute Gasteiger partial charge is 0.497 e. The Morgan fingerprint density at radius 3 is 2.85 bits per heavy atom. The van der Waals surface area contributed by atoms with Crippen LogP contribution in [0.25, 0.3) is 0 Å². The summed E-state index contributed by atoms with van der Waals surface area (Å²) in [6, 6.07) is 7.68. The molecule has 2 amide bonds. The Labute approximate surface area is 120 Å². The highest BCUT2D eigenvalue weighted by atomic mass is 16.5. The number of rotatable bonds is 7. The van der Waals surface area contributed by atoms with Crippen LogP contribution in [-0.4, -0.2) is 48.9 Å². The summed E-state index contributed by atoms with van der Waals surface area (Å²) < 4.78 is 5.18. The van der Waals surface area contributed by atoms with Gasteiger partial charge in [0.1, 0.15) is 5.75 Å². The second-order valence-corrected chi connectivity index (χ2v) is 4.71. The molecule has 1 rings (SSSR count). The van der Waals surface area contributed by atoms with Gasteiger partial charge in [-0.3, -0.25) is 0 Å². The van der Waals surface area contributed by atoms with Gasteiger partial charge >= 0.3 is 6.03 Å². The maximum atomic E-state index is 12.0. The Bertz CT molecular complexity index is 423. The van der Waals surface area contributed by atoms with E-state index in [2.05, 4.69) is 5.32 Å². The quantitative estimate of drug-likeness (QED) is 0.798. The van der Waals surface area contributed by atoms with Crippen molar-refractivity contribution in [2.24, 2.45) is 0 Å². The highest BCUT2D eigenvalue weighted by molar-refractivity contribution is 5.74. The summed E-state index contributed by atoms with van der Waals surface area (Å²) in [5.74, 6) is 0.816. The Balaban J connectivity index is 2.53. The molecule has 0 radical (unpaired) electrons. The van der Waals surface area contributed by atoms with Crippen molar-refractivity contribution in [3.05, 3.63) is 29.8 Å². The molecule has 20 heavy (non-hydrogen) atoms. The highest BCUT2D eigenvalue weighted by Crippen LogP contribution is 2.14. The predicted molar refractivity (Wildman–Crippen MR) is 79.0 cm³/mol. The smallest absolute Gasteiger partial charge is 0.317 e. The number of hydrogen-bond donors (Lipinski definition) is 2. The Kier molecular flexibility index (Phi) is 6.87. The molecule has 1 aromatic carbocycles. The molecule has 0 aliphatic heterocycles. The second-order valence-electron chi connectivity index (χ2n) is 4.71. The summed E-state index contributed by atoms with van der Waals surface area (Å²) >= 11 is 0. The molecule has 1 atom stereocenters. The maximum absolute atomic E-state index is 12.0. The number of likely N-dealkylation sites (N-methyl/N-ethyl adjacent to an activating group) is 1. The molecule has 0 saturated carbocycles. The minimum atomic E-state index is -0.142. The molecule has 0 aromatic heterocycles. The van der Waals surface area contributed by atoms with E-state index < -0.39 is 0 Å². The predicted octanol–water partition coefficient (Wildman–Crippen LogP) is 1.65. The summed E-state index contributed by atoms with van der Waals surface area (Å²) in [7, 11) is 1.64. The molecule has 0 bridgehead atoms. The first-order valence-electron chi connectivity index (χ1n) is 6.90. The summed E-state index contributed by atoms with van der Waals surface area (Å²) in [4.78, 5) is 13.6. The lowest BCUT2D eigenvalue weighted by atomic mass is 10.1. The number of methoxy groups -OCH3 is 1. The SMILES string of the molecule is CCN(CCO)C(=O)NC(C)Cc1cccc(OC)c1. The molecule has 5 nitrogen and oxygen atoms in total. The normalized spacial score (nSPS) is 11.8. The molecular formula is C15H24N2O3. The lowest BCUT2D eigenvalue weighted by Crippen LogP contribution is -2.45. The fourth-order valence-electron chi connectivity index (χ4n) is 2.03. The number of aliphatic hydroxyl groups is 1. The third-order valence-electron chi connectivity index (χ3n) is 3.08. The molecule has 1 unspecified atom stereocenters. The van der Waals surface area contributed by atoms with Gasteiger partial charge in [0, 0.05) is 19.1 Å². The fraction of sp³-hybridized carbons (Fsp3) is 0.533. The van der Waals surface area contributed by atoms with Crippen molar-refractivity contribution in [2.45, 2.75) is 26.3 Å². The average Bonchev–Trinajstić information content (AvgIpc) is 2.44. The molecule has 0 saturated heterocycles. The molecule has 112 valence electrons. The van der Waals surface area contributed by atoms with Gasteiger partial charge < -0.3 is 20.1 Å².